The Kier molecular flexibility index (Phi) is 6.75. The molecule has 128 valence electrons. The summed E-state index contributed by atoms with van der Waals surface area (Å²) in [5, 5.41) is 8.54. The summed E-state index contributed by atoms with van der Waals surface area (Å²) in [5.74, 6) is 0.336. The van der Waals surface area contributed by atoms with Gasteiger partial charge < -0.3 is 0 Å². The normalized spacial score (nSPS) is 11.5. The molecule has 24 heavy (non-hydrogen) atoms. The lowest BCUT2D eigenvalue weighted by atomic mass is 10.1. The zero-order valence-corrected chi connectivity index (χ0v) is 16.2. The van der Waals surface area contributed by atoms with E-state index in [4.69, 9.17) is 28.6 Å². The summed E-state index contributed by atoms with van der Waals surface area (Å²) in [6, 6.07) is 12.3. The Hall–Kier alpha value is -1.01. The van der Waals surface area contributed by atoms with Gasteiger partial charge in [0.2, 0.25) is 0 Å². The lowest BCUT2D eigenvalue weighted by Gasteiger charge is -2.07. The Morgan fingerprint density at radius 3 is 2.54 bits per heavy atom. The van der Waals surface area contributed by atoms with Gasteiger partial charge in [-0.2, -0.15) is 0 Å². The zero-order chi connectivity index (χ0) is 17.7. The van der Waals surface area contributed by atoms with E-state index in [0.717, 1.165) is 6.42 Å². The Balaban J connectivity index is 1.92. The molecule has 0 unspecified atom stereocenters. The van der Waals surface area contributed by atoms with Crippen LogP contribution in [0.25, 0.3) is 0 Å². The highest BCUT2D eigenvalue weighted by atomic mass is 35.5. The second-order valence-corrected chi connectivity index (χ2v) is 9.34. The summed E-state index contributed by atoms with van der Waals surface area (Å²) in [6.07, 6.45) is 0.793. The molecule has 2 rings (SSSR count). The van der Waals surface area contributed by atoms with E-state index < -0.39 is 9.84 Å². The molecular weight excluding hydrogens is 385 g/mol. The minimum absolute atomic E-state index is 0.0842. The minimum atomic E-state index is -3.59. The third-order valence-corrected chi connectivity index (χ3v) is 6.78. The van der Waals surface area contributed by atoms with Crippen LogP contribution in [0, 0.1) is 12.3 Å². The highest BCUT2D eigenvalue weighted by Crippen LogP contribution is 2.26. The van der Waals surface area contributed by atoms with Crippen LogP contribution in [0.1, 0.15) is 11.1 Å². The van der Waals surface area contributed by atoms with Crippen molar-refractivity contribution in [1.82, 2.24) is 0 Å². The zero-order valence-electron chi connectivity index (χ0n) is 13.1. The average molecular weight is 402 g/mol. The molecule has 0 bridgehead atoms. The second kappa shape index (κ2) is 8.39. The third kappa shape index (κ3) is 5.52. The molecule has 0 radical (unpaired) electrons. The lowest BCUT2D eigenvalue weighted by molar-refractivity contribution is 0.600. The molecule has 0 aromatic heterocycles. The number of aryl methyl sites for hydroxylation is 2. The van der Waals surface area contributed by atoms with Crippen molar-refractivity contribution >= 4 is 49.8 Å². The molecule has 0 fully saturated rings. The number of thioether (sulfide) groups is 1. The first-order valence-electron chi connectivity index (χ1n) is 7.21. The molecule has 0 atom stereocenters. The van der Waals surface area contributed by atoms with Crippen LogP contribution < -0.4 is 0 Å². The summed E-state index contributed by atoms with van der Waals surface area (Å²) in [4.78, 5) is 0.0842. The first-order valence-corrected chi connectivity index (χ1v) is 10.6. The smallest absolute Gasteiger partial charge is 0.184 e. The Morgan fingerprint density at radius 1 is 1.12 bits per heavy atom. The molecule has 2 aromatic rings. The predicted molar refractivity (Wildman–Crippen MR) is 104 cm³/mol. The summed E-state index contributed by atoms with van der Waals surface area (Å²) in [7, 11) is -3.59. The van der Waals surface area contributed by atoms with E-state index in [1.54, 1.807) is 0 Å². The molecule has 2 aromatic carbocycles. The van der Waals surface area contributed by atoms with E-state index in [9.17, 15) is 8.42 Å². The summed E-state index contributed by atoms with van der Waals surface area (Å²) in [6.45, 7) is 2.03. The third-order valence-electron chi connectivity index (χ3n) is 3.32. The molecule has 0 amide bonds. The van der Waals surface area contributed by atoms with Crippen molar-refractivity contribution in [3.8, 4) is 0 Å². The number of halogens is 2. The van der Waals surface area contributed by atoms with Gasteiger partial charge in [0.1, 0.15) is 5.75 Å². The molecule has 0 saturated carbocycles. The van der Waals surface area contributed by atoms with Crippen LogP contribution in [-0.2, 0) is 16.3 Å². The van der Waals surface area contributed by atoms with Gasteiger partial charge in [-0.25, -0.2) is 8.42 Å². The Morgan fingerprint density at radius 2 is 1.88 bits per heavy atom. The van der Waals surface area contributed by atoms with E-state index in [1.807, 2.05) is 25.1 Å². The van der Waals surface area contributed by atoms with Crippen molar-refractivity contribution in [3.63, 3.8) is 0 Å². The van der Waals surface area contributed by atoms with E-state index in [-0.39, 0.29) is 20.7 Å². The lowest BCUT2D eigenvalue weighted by Crippen LogP contribution is -2.14. The van der Waals surface area contributed by atoms with Crippen LogP contribution in [0.3, 0.4) is 0 Å². The van der Waals surface area contributed by atoms with E-state index in [0.29, 0.717) is 10.8 Å². The molecule has 0 heterocycles. The van der Waals surface area contributed by atoms with E-state index in [2.05, 4.69) is 6.07 Å². The Bertz CT molecular complexity index is 851. The maximum atomic E-state index is 12.3. The van der Waals surface area contributed by atoms with Gasteiger partial charge in [-0.3, -0.25) is 5.41 Å². The van der Waals surface area contributed by atoms with Crippen molar-refractivity contribution < 1.29 is 8.42 Å². The fourth-order valence-electron chi connectivity index (χ4n) is 2.13. The highest BCUT2D eigenvalue weighted by Gasteiger charge is 2.18. The number of nitrogens with one attached hydrogen (secondary N) is 1. The molecule has 1 N–H and O–H groups in total. The number of benzene rings is 2. The molecule has 0 saturated heterocycles. The second-order valence-electron chi connectivity index (χ2n) is 5.35. The van der Waals surface area contributed by atoms with Crippen molar-refractivity contribution in [2.75, 3.05) is 11.5 Å². The van der Waals surface area contributed by atoms with Crippen LogP contribution in [0.2, 0.25) is 10.0 Å². The fourth-order valence-corrected chi connectivity index (χ4v) is 4.96. The van der Waals surface area contributed by atoms with Gasteiger partial charge in [0.15, 0.2) is 9.84 Å². The van der Waals surface area contributed by atoms with Crippen LogP contribution >= 0.6 is 35.0 Å². The van der Waals surface area contributed by atoms with Crippen LogP contribution in [-0.4, -0.2) is 25.0 Å². The standard InChI is InChI=1S/C17H17Cl2NO2S2/c1-12-3-2-4-13(9-12)7-8-23-17(20)11-24(21,22)14-5-6-15(18)16(19)10-14/h2-6,9-10,20H,7-8,11H2,1H3. The highest BCUT2D eigenvalue weighted by molar-refractivity contribution is 8.15. The van der Waals surface area contributed by atoms with Gasteiger partial charge in [-0.05, 0) is 37.1 Å². The summed E-state index contributed by atoms with van der Waals surface area (Å²) >= 11 is 12.9. The van der Waals surface area contributed by atoms with Crippen molar-refractivity contribution in [2.24, 2.45) is 0 Å². The largest absolute Gasteiger partial charge is 0.297 e. The van der Waals surface area contributed by atoms with Crippen molar-refractivity contribution in [3.05, 3.63) is 63.6 Å². The summed E-state index contributed by atoms with van der Waals surface area (Å²) < 4.78 is 24.7. The van der Waals surface area contributed by atoms with Gasteiger partial charge in [0, 0.05) is 5.75 Å². The van der Waals surface area contributed by atoms with E-state index in [1.165, 1.54) is 41.1 Å². The molecule has 0 aliphatic rings. The number of hydrogen-bond acceptors (Lipinski definition) is 4. The van der Waals surface area contributed by atoms with Gasteiger partial charge >= 0.3 is 0 Å². The SMILES string of the molecule is Cc1cccc(CCSC(=N)CS(=O)(=O)c2ccc(Cl)c(Cl)c2)c1. The molecule has 0 aliphatic carbocycles. The molecule has 3 nitrogen and oxygen atoms in total. The monoisotopic (exact) mass is 401 g/mol. The first-order chi connectivity index (χ1) is 11.3. The number of rotatable bonds is 6. The van der Waals surface area contributed by atoms with Gasteiger partial charge in [0.25, 0.3) is 0 Å². The minimum Gasteiger partial charge on any atom is -0.297 e. The van der Waals surface area contributed by atoms with Crippen molar-refractivity contribution in [1.29, 1.82) is 5.41 Å². The Labute approximate surface area is 156 Å². The average Bonchev–Trinajstić information content (AvgIpc) is 2.49. The van der Waals surface area contributed by atoms with Crippen molar-refractivity contribution in [2.45, 2.75) is 18.2 Å². The van der Waals surface area contributed by atoms with E-state index >= 15 is 0 Å². The van der Waals surface area contributed by atoms with Gasteiger partial charge in [-0.1, -0.05) is 53.0 Å². The first kappa shape index (κ1) is 19.3. The molecular formula is C17H17Cl2NO2S2. The van der Waals surface area contributed by atoms with Crippen LogP contribution in [0.4, 0.5) is 0 Å². The van der Waals surface area contributed by atoms with Crippen LogP contribution in [0.5, 0.6) is 0 Å². The molecule has 0 spiro atoms. The predicted octanol–water partition coefficient (Wildman–Crippen LogP) is 5.03. The van der Waals surface area contributed by atoms with Gasteiger partial charge in [0.05, 0.1) is 20.0 Å². The topological polar surface area (TPSA) is 58.0 Å². The van der Waals surface area contributed by atoms with Gasteiger partial charge in [-0.15, -0.1) is 11.8 Å². The van der Waals surface area contributed by atoms with Crippen LogP contribution in [0.15, 0.2) is 47.4 Å². The molecule has 7 heteroatoms. The molecule has 0 aliphatic heterocycles. The number of hydrogen-bond donors (Lipinski definition) is 1. The quantitative estimate of drug-likeness (QED) is 0.545. The maximum Gasteiger partial charge on any atom is 0.184 e. The number of sulfone groups is 1. The fraction of sp³-hybridized carbons (Fsp3) is 0.235. The maximum absolute atomic E-state index is 12.3. The summed E-state index contributed by atoms with van der Waals surface area (Å²) in [5.41, 5.74) is 2.37.